The number of hydrogen-bond acceptors (Lipinski definition) is 5. The van der Waals surface area contributed by atoms with Crippen LogP contribution in [0.2, 0.25) is 0 Å². The highest BCUT2D eigenvalue weighted by Crippen LogP contribution is 2.51. The number of benzene rings is 2. The number of anilines is 2. The van der Waals surface area contributed by atoms with Gasteiger partial charge < -0.3 is 10.0 Å². The molecule has 1 N–H and O–H groups in total. The molecule has 7 heteroatoms. The molecule has 2 atom stereocenters. The number of rotatable bonds is 5. The van der Waals surface area contributed by atoms with Gasteiger partial charge in [-0.25, -0.2) is 0 Å². The van der Waals surface area contributed by atoms with Crippen molar-refractivity contribution in [2.45, 2.75) is 37.6 Å². The van der Waals surface area contributed by atoms with Crippen molar-refractivity contribution in [1.29, 1.82) is 0 Å². The van der Waals surface area contributed by atoms with Crippen LogP contribution in [-0.2, 0) is 9.59 Å². The van der Waals surface area contributed by atoms with E-state index < -0.39 is 12.5 Å². The summed E-state index contributed by atoms with van der Waals surface area (Å²) in [5.74, 6) is -0.942. The molecule has 0 bridgehead atoms. The van der Waals surface area contributed by atoms with E-state index in [0.29, 0.717) is 16.9 Å². The van der Waals surface area contributed by atoms with Gasteiger partial charge in [0, 0.05) is 23.3 Å². The fraction of sp³-hybridized carbons (Fsp3) is 0.259. The minimum atomic E-state index is -1.08. The molecule has 2 fully saturated rings. The van der Waals surface area contributed by atoms with Gasteiger partial charge in [-0.05, 0) is 66.8 Å². The number of carbonyl (C=O) groups is 2. The fourth-order valence-electron chi connectivity index (χ4n) is 5.15. The number of carboxylic acids is 1. The molecular formula is C27H24N2O3S2. The number of nitrogens with zero attached hydrogens (tertiary/aromatic N) is 2. The average Bonchev–Trinajstić information content (AvgIpc) is 3.28. The molecule has 1 saturated carbocycles. The van der Waals surface area contributed by atoms with Crippen molar-refractivity contribution in [2.75, 3.05) is 11.4 Å². The summed E-state index contributed by atoms with van der Waals surface area (Å²) in [6, 6.07) is 15.1. The average molecular weight is 489 g/mol. The number of allylic oxidation sites excluding steroid dienone is 2. The Labute approximate surface area is 209 Å². The lowest BCUT2D eigenvalue weighted by Gasteiger charge is -2.33. The van der Waals surface area contributed by atoms with Crippen LogP contribution in [-0.4, -0.2) is 38.8 Å². The Morgan fingerprint density at radius 3 is 2.71 bits per heavy atom. The second-order valence-electron chi connectivity index (χ2n) is 8.78. The van der Waals surface area contributed by atoms with Crippen LogP contribution in [0.25, 0.3) is 6.08 Å². The summed E-state index contributed by atoms with van der Waals surface area (Å²) in [4.78, 5) is 27.4. The number of carboxylic acid groups (broad SMARTS) is 1. The molecule has 5 nitrogen and oxygen atoms in total. The summed E-state index contributed by atoms with van der Waals surface area (Å²) in [5.41, 5.74) is 5.64. The first-order valence-corrected chi connectivity index (χ1v) is 12.6. The fourth-order valence-corrected chi connectivity index (χ4v) is 6.36. The Morgan fingerprint density at radius 2 is 1.94 bits per heavy atom. The van der Waals surface area contributed by atoms with Gasteiger partial charge in [0.15, 0.2) is 0 Å². The maximum absolute atomic E-state index is 12.4. The van der Waals surface area contributed by atoms with E-state index in [0.717, 1.165) is 27.8 Å². The highest BCUT2D eigenvalue weighted by molar-refractivity contribution is 8.26. The van der Waals surface area contributed by atoms with Gasteiger partial charge >= 0.3 is 5.97 Å². The summed E-state index contributed by atoms with van der Waals surface area (Å²) in [7, 11) is 0. The Bertz CT molecular complexity index is 1220. The second kappa shape index (κ2) is 9.39. The molecule has 2 heterocycles. The van der Waals surface area contributed by atoms with E-state index in [1.807, 2.05) is 24.3 Å². The number of thiocarbonyl (C=S) groups is 1. The zero-order chi connectivity index (χ0) is 23.8. The van der Waals surface area contributed by atoms with E-state index in [9.17, 15) is 9.59 Å². The molecule has 172 valence electrons. The largest absolute Gasteiger partial charge is 0.480 e. The van der Waals surface area contributed by atoms with E-state index in [-0.39, 0.29) is 10.2 Å². The van der Waals surface area contributed by atoms with Crippen LogP contribution in [0.5, 0.6) is 0 Å². The number of thioether (sulfide) groups is 1. The van der Waals surface area contributed by atoms with Crippen molar-refractivity contribution < 1.29 is 14.7 Å². The molecule has 2 radical (unpaired) electrons. The SMILES string of the molecule is [CH]c1ccc(N2c3ccc(C=CC=C4SC(=S)N(CC(=O)O)C4=O)cc3C3CCCCC32)cc1. The molecule has 34 heavy (non-hydrogen) atoms. The quantitative estimate of drug-likeness (QED) is 0.426. The highest BCUT2D eigenvalue weighted by Gasteiger charge is 2.40. The third-order valence-corrected chi connectivity index (χ3v) is 8.04. The summed E-state index contributed by atoms with van der Waals surface area (Å²) in [6.07, 6.45) is 10.4. The Morgan fingerprint density at radius 1 is 1.18 bits per heavy atom. The zero-order valence-electron chi connectivity index (χ0n) is 18.5. The van der Waals surface area contributed by atoms with Gasteiger partial charge in [0.2, 0.25) is 0 Å². The summed E-state index contributed by atoms with van der Waals surface area (Å²) in [5, 5.41) is 8.98. The number of hydrogen-bond donors (Lipinski definition) is 1. The topological polar surface area (TPSA) is 60.9 Å². The van der Waals surface area contributed by atoms with Crippen molar-refractivity contribution in [3.05, 3.63) is 83.1 Å². The van der Waals surface area contributed by atoms with Gasteiger partial charge in [0.25, 0.3) is 5.91 Å². The second-order valence-corrected chi connectivity index (χ2v) is 10.5. The van der Waals surface area contributed by atoms with Gasteiger partial charge in [-0.15, -0.1) is 0 Å². The van der Waals surface area contributed by atoms with E-state index in [4.69, 9.17) is 24.2 Å². The van der Waals surface area contributed by atoms with Gasteiger partial charge in [0.05, 0.1) is 4.91 Å². The van der Waals surface area contributed by atoms with Gasteiger partial charge in [-0.1, -0.05) is 67.2 Å². The molecule has 1 aliphatic carbocycles. The Balaban J connectivity index is 1.40. The van der Waals surface area contributed by atoms with Crippen LogP contribution in [0.15, 0.2) is 59.5 Å². The van der Waals surface area contributed by atoms with Crippen LogP contribution in [0.3, 0.4) is 0 Å². The molecule has 1 amide bonds. The van der Waals surface area contributed by atoms with Crippen molar-refractivity contribution in [2.24, 2.45) is 0 Å². The summed E-state index contributed by atoms with van der Waals surface area (Å²) >= 11 is 6.28. The lowest BCUT2D eigenvalue weighted by atomic mass is 9.82. The van der Waals surface area contributed by atoms with Crippen molar-refractivity contribution in [1.82, 2.24) is 4.90 Å². The molecular weight excluding hydrogens is 464 g/mol. The van der Waals surface area contributed by atoms with E-state index in [2.05, 4.69) is 35.2 Å². The molecule has 0 aromatic heterocycles. The molecule has 2 aliphatic heterocycles. The summed E-state index contributed by atoms with van der Waals surface area (Å²) in [6.45, 7) is 5.51. The van der Waals surface area contributed by atoms with Gasteiger partial charge in [-0.3, -0.25) is 14.5 Å². The lowest BCUT2D eigenvalue weighted by molar-refractivity contribution is -0.140. The van der Waals surface area contributed by atoms with E-state index >= 15 is 0 Å². The maximum atomic E-state index is 12.4. The van der Waals surface area contributed by atoms with Crippen LogP contribution < -0.4 is 4.90 Å². The first-order valence-electron chi connectivity index (χ1n) is 11.3. The molecule has 3 aliphatic rings. The van der Waals surface area contributed by atoms with Crippen molar-refractivity contribution in [3.8, 4) is 0 Å². The molecule has 2 aromatic rings. The molecule has 2 aromatic carbocycles. The smallest absolute Gasteiger partial charge is 0.323 e. The Hall–Kier alpha value is -2.90. The first kappa shape index (κ1) is 22.9. The van der Waals surface area contributed by atoms with Gasteiger partial charge in [-0.2, -0.15) is 0 Å². The predicted molar refractivity (Wildman–Crippen MR) is 140 cm³/mol. The minimum Gasteiger partial charge on any atom is -0.480 e. The number of fused-ring (bicyclic) bond motifs is 3. The van der Waals surface area contributed by atoms with Crippen LogP contribution in [0.4, 0.5) is 11.4 Å². The first-order chi connectivity index (χ1) is 16.4. The van der Waals surface area contributed by atoms with Gasteiger partial charge in [0.1, 0.15) is 10.9 Å². The lowest BCUT2D eigenvalue weighted by Crippen LogP contribution is -2.33. The van der Waals surface area contributed by atoms with Crippen LogP contribution in [0, 0.1) is 6.92 Å². The molecule has 1 saturated heterocycles. The van der Waals surface area contributed by atoms with E-state index in [1.165, 1.54) is 42.6 Å². The minimum absolute atomic E-state index is 0.274. The number of carbonyl (C=O) groups excluding carboxylic acids is 1. The van der Waals surface area contributed by atoms with Crippen molar-refractivity contribution >= 4 is 57.6 Å². The zero-order valence-corrected chi connectivity index (χ0v) is 20.1. The molecule has 5 rings (SSSR count). The van der Waals surface area contributed by atoms with Crippen LogP contribution >= 0.6 is 24.0 Å². The molecule has 0 spiro atoms. The third-order valence-electron chi connectivity index (χ3n) is 6.65. The molecule has 2 unspecified atom stereocenters. The normalized spacial score (nSPS) is 23.1. The maximum Gasteiger partial charge on any atom is 0.323 e. The standard InChI is InChI=1S/C27H24N2O3S2/c1-17-9-12-19(13-10-17)29-22-7-3-2-6-20(22)21-15-18(11-14-23(21)29)5-4-8-24-26(32)28(16-25(30)31)27(33)34-24/h1,4-5,8-15,20,22H,2-3,6-7,16H2,(H,30,31). The van der Waals surface area contributed by atoms with E-state index in [1.54, 1.807) is 6.08 Å². The Kier molecular flexibility index (Phi) is 6.32. The predicted octanol–water partition coefficient (Wildman–Crippen LogP) is 5.77. The van der Waals surface area contributed by atoms with Crippen molar-refractivity contribution in [3.63, 3.8) is 0 Å². The highest BCUT2D eigenvalue weighted by atomic mass is 32.2. The third kappa shape index (κ3) is 4.30. The van der Waals surface area contributed by atoms with Crippen LogP contribution in [0.1, 0.15) is 48.3 Å². The summed E-state index contributed by atoms with van der Waals surface area (Å²) < 4.78 is 0.274. The monoisotopic (exact) mass is 488 g/mol. The number of aliphatic carboxylic acids is 1. The number of amides is 1.